The van der Waals surface area contributed by atoms with E-state index in [2.05, 4.69) is 14.8 Å². The fourth-order valence-electron chi connectivity index (χ4n) is 1.52. The molecule has 1 heterocycles. The molecule has 0 atom stereocenters. The molecule has 0 saturated heterocycles. The van der Waals surface area contributed by atoms with E-state index in [0.29, 0.717) is 12.2 Å². The Morgan fingerprint density at radius 3 is 2.56 bits per heavy atom. The molecule has 1 aliphatic heterocycles. The van der Waals surface area contributed by atoms with Gasteiger partial charge in [0.05, 0.1) is 6.54 Å². The highest BCUT2D eigenvalue weighted by Gasteiger charge is 2.43. The molecular formula is C11H13F2NO4. The molecule has 0 spiro atoms. The van der Waals surface area contributed by atoms with Crippen molar-refractivity contribution in [3.05, 3.63) is 18.2 Å². The molecule has 0 unspecified atom stereocenters. The number of methoxy groups -OCH3 is 2. The van der Waals surface area contributed by atoms with E-state index in [0.717, 1.165) is 0 Å². The number of nitrogens with one attached hydrogen (secondary N) is 1. The van der Waals surface area contributed by atoms with Gasteiger partial charge >= 0.3 is 6.29 Å². The van der Waals surface area contributed by atoms with Crippen LogP contribution in [0.15, 0.2) is 18.2 Å². The maximum absolute atomic E-state index is 12.8. The van der Waals surface area contributed by atoms with Crippen molar-refractivity contribution in [2.75, 3.05) is 26.1 Å². The zero-order valence-electron chi connectivity index (χ0n) is 9.91. The zero-order chi connectivity index (χ0) is 13.2. The molecule has 2 rings (SSSR count). The van der Waals surface area contributed by atoms with Crippen molar-refractivity contribution in [2.45, 2.75) is 12.6 Å². The summed E-state index contributed by atoms with van der Waals surface area (Å²) in [4.78, 5) is 0. The van der Waals surface area contributed by atoms with Crippen LogP contribution in [0.25, 0.3) is 0 Å². The lowest BCUT2D eigenvalue weighted by molar-refractivity contribution is -0.286. The molecule has 5 nitrogen and oxygen atoms in total. The number of anilines is 1. The van der Waals surface area contributed by atoms with Crippen LogP contribution in [-0.2, 0) is 9.47 Å². The van der Waals surface area contributed by atoms with Crippen molar-refractivity contribution in [1.82, 2.24) is 0 Å². The van der Waals surface area contributed by atoms with E-state index in [-0.39, 0.29) is 11.5 Å². The quantitative estimate of drug-likeness (QED) is 0.822. The van der Waals surface area contributed by atoms with E-state index in [1.807, 2.05) is 0 Å². The van der Waals surface area contributed by atoms with Gasteiger partial charge in [0.25, 0.3) is 0 Å². The van der Waals surface area contributed by atoms with Crippen molar-refractivity contribution in [3.8, 4) is 11.5 Å². The highest BCUT2D eigenvalue weighted by atomic mass is 19.3. The molecule has 18 heavy (non-hydrogen) atoms. The molecule has 0 saturated carbocycles. The summed E-state index contributed by atoms with van der Waals surface area (Å²) < 4.78 is 44.2. The Bertz CT molecular complexity index is 424. The smallest absolute Gasteiger partial charge is 0.395 e. The van der Waals surface area contributed by atoms with E-state index < -0.39 is 12.6 Å². The molecule has 0 aromatic heterocycles. The number of alkyl halides is 2. The Labute approximate surface area is 103 Å². The average molecular weight is 261 g/mol. The summed E-state index contributed by atoms with van der Waals surface area (Å²) in [5, 5.41) is 2.97. The number of fused-ring (bicyclic) bond motifs is 1. The van der Waals surface area contributed by atoms with Crippen LogP contribution in [0.3, 0.4) is 0 Å². The first-order chi connectivity index (χ1) is 8.54. The standard InChI is InChI=1S/C11H13F2NO4/c1-15-10(16-2)6-14-7-3-4-8-9(5-7)18-11(12,13)17-8/h3-5,10,14H,6H2,1-2H3. The second-order valence-electron chi connectivity index (χ2n) is 3.61. The van der Waals surface area contributed by atoms with Crippen LogP contribution in [0, 0.1) is 0 Å². The predicted molar refractivity (Wildman–Crippen MR) is 58.9 cm³/mol. The third-order valence-corrected chi connectivity index (χ3v) is 2.40. The molecule has 0 amide bonds. The maximum atomic E-state index is 12.8. The van der Waals surface area contributed by atoms with Crippen LogP contribution in [0.2, 0.25) is 0 Å². The Kier molecular flexibility index (Phi) is 3.53. The van der Waals surface area contributed by atoms with E-state index >= 15 is 0 Å². The number of hydrogen-bond donors (Lipinski definition) is 1. The van der Waals surface area contributed by atoms with Gasteiger partial charge in [-0.25, -0.2) is 0 Å². The lowest BCUT2D eigenvalue weighted by Gasteiger charge is -2.14. The molecule has 1 aromatic rings. The minimum Gasteiger partial charge on any atom is -0.395 e. The Morgan fingerprint density at radius 2 is 1.89 bits per heavy atom. The molecule has 100 valence electrons. The molecule has 0 radical (unpaired) electrons. The van der Waals surface area contributed by atoms with E-state index in [9.17, 15) is 8.78 Å². The number of benzene rings is 1. The monoisotopic (exact) mass is 261 g/mol. The van der Waals surface area contributed by atoms with Crippen LogP contribution < -0.4 is 14.8 Å². The minimum atomic E-state index is -3.59. The summed E-state index contributed by atoms with van der Waals surface area (Å²) in [5.41, 5.74) is 0.606. The Morgan fingerprint density at radius 1 is 1.22 bits per heavy atom. The highest BCUT2D eigenvalue weighted by Crippen LogP contribution is 2.42. The van der Waals surface area contributed by atoms with Gasteiger partial charge in [0.1, 0.15) is 0 Å². The van der Waals surface area contributed by atoms with Crippen LogP contribution in [0.5, 0.6) is 11.5 Å². The topological polar surface area (TPSA) is 49.0 Å². The molecule has 1 N–H and O–H groups in total. The van der Waals surface area contributed by atoms with E-state index in [1.165, 1.54) is 26.4 Å². The first kappa shape index (κ1) is 12.8. The van der Waals surface area contributed by atoms with Gasteiger partial charge in [0.15, 0.2) is 17.8 Å². The predicted octanol–water partition coefficient (Wildman–Crippen LogP) is 2.04. The average Bonchev–Trinajstić information content (AvgIpc) is 2.63. The van der Waals surface area contributed by atoms with Crippen LogP contribution in [0.4, 0.5) is 14.5 Å². The first-order valence-corrected chi connectivity index (χ1v) is 5.23. The SMILES string of the molecule is COC(CNc1ccc2c(c1)OC(F)(F)O2)OC. The second-order valence-corrected chi connectivity index (χ2v) is 3.61. The fourth-order valence-corrected chi connectivity index (χ4v) is 1.52. The normalized spacial score (nSPS) is 16.1. The Balaban J connectivity index is 2.01. The zero-order valence-corrected chi connectivity index (χ0v) is 9.91. The van der Waals surface area contributed by atoms with Gasteiger partial charge in [0, 0.05) is 26.0 Å². The van der Waals surface area contributed by atoms with Crippen LogP contribution >= 0.6 is 0 Å². The van der Waals surface area contributed by atoms with Crippen molar-refractivity contribution in [1.29, 1.82) is 0 Å². The molecule has 0 bridgehead atoms. The maximum Gasteiger partial charge on any atom is 0.586 e. The third-order valence-electron chi connectivity index (χ3n) is 2.40. The summed E-state index contributed by atoms with van der Waals surface area (Å²) in [5.74, 6) is 0.0111. The molecule has 7 heteroatoms. The summed E-state index contributed by atoms with van der Waals surface area (Å²) in [7, 11) is 3.02. The van der Waals surface area contributed by atoms with Gasteiger partial charge in [-0.2, -0.15) is 0 Å². The van der Waals surface area contributed by atoms with Crippen molar-refractivity contribution in [2.24, 2.45) is 0 Å². The lowest BCUT2D eigenvalue weighted by atomic mass is 10.3. The van der Waals surface area contributed by atoms with Crippen molar-refractivity contribution >= 4 is 5.69 Å². The van der Waals surface area contributed by atoms with Gasteiger partial charge in [-0.05, 0) is 12.1 Å². The van der Waals surface area contributed by atoms with Gasteiger partial charge in [-0.1, -0.05) is 0 Å². The molecular weight excluding hydrogens is 248 g/mol. The van der Waals surface area contributed by atoms with Gasteiger partial charge in [0.2, 0.25) is 0 Å². The summed E-state index contributed by atoms with van der Waals surface area (Å²) in [6, 6.07) is 4.44. The number of rotatable bonds is 5. The number of halogens is 2. The molecule has 1 aliphatic rings. The second kappa shape index (κ2) is 4.95. The van der Waals surface area contributed by atoms with Gasteiger partial charge < -0.3 is 24.3 Å². The third kappa shape index (κ3) is 2.80. The number of ether oxygens (including phenoxy) is 4. The fraction of sp³-hybridized carbons (Fsp3) is 0.455. The summed E-state index contributed by atoms with van der Waals surface area (Å²) in [6.07, 6.45) is -4.01. The van der Waals surface area contributed by atoms with Crippen molar-refractivity contribution < 1.29 is 27.7 Å². The van der Waals surface area contributed by atoms with E-state index in [1.54, 1.807) is 6.07 Å². The molecule has 1 aromatic carbocycles. The van der Waals surface area contributed by atoms with Crippen LogP contribution in [0.1, 0.15) is 0 Å². The van der Waals surface area contributed by atoms with E-state index in [4.69, 9.17) is 9.47 Å². The lowest BCUT2D eigenvalue weighted by Crippen LogP contribution is -2.26. The molecule has 0 aliphatic carbocycles. The van der Waals surface area contributed by atoms with Gasteiger partial charge in [-0.3, -0.25) is 0 Å². The highest BCUT2D eigenvalue weighted by molar-refractivity contribution is 5.55. The molecule has 0 fully saturated rings. The summed E-state index contributed by atoms with van der Waals surface area (Å²) in [6.45, 7) is 0.378. The Hall–Kier alpha value is -1.60. The van der Waals surface area contributed by atoms with Crippen molar-refractivity contribution in [3.63, 3.8) is 0 Å². The summed E-state index contributed by atoms with van der Waals surface area (Å²) >= 11 is 0. The van der Waals surface area contributed by atoms with Gasteiger partial charge in [-0.15, -0.1) is 8.78 Å². The van der Waals surface area contributed by atoms with Crippen LogP contribution in [-0.4, -0.2) is 33.3 Å². The largest absolute Gasteiger partial charge is 0.586 e. The minimum absolute atomic E-state index is 0.00335. The number of hydrogen-bond acceptors (Lipinski definition) is 5. The first-order valence-electron chi connectivity index (χ1n) is 5.23.